The first kappa shape index (κ1) is 15.6. The molecular formula is C8H18F2N3O2P. The van der Waals surface area contributed by atoms with Crippen LogP contribution in [0.1, 0.15) is 0 Å². The van der Waals surface area contributed by atoms with E-state index in [0.29, 0.717) is 0 Å². The zero-order chi connectivity index (χ0) is 13.3. The Morgan fingerprint density at radius 2 is 1.25 bits per heavy atom. The minimum atomic E-state index is -3.93. The van der Waals surface area contributed by atoms with Gasteiger partial charge in [0, 0.05) is 42.3 Å². The predicted octanol–water partition coefficient (Wildman–Crippen LogP) is -0.223. The molecule has 0 atom stereocenters. The van der Waals surface area contributed by atoms with Crippen molar-refractivity contribution in [1.29, 1.82) is 0 Å². The zero-order valence-corrected chi connectivity index (χ0v) is 11.3. The quantitative estimate of drug-likeness (QED) is 0.637. The minimum Gasteiger partial charge on any atom is -0.541 e. The van der Waals surface area contributed by atoms with Crippen LogP contribution >= 0.6 is 7.71 Å². The molecule has 0 spiro atoms. The molecular weight excluding hydrogens is 239 g/mol. The first-order valence-corrected chi connectivity index (χ1v) is 6.19. The van der Waals surface area contributed by atoms with Crippen molar-refractivity contribution < 1.29 is 18.7 Å². The largest absolute Gasteiger partial charge is 0.541 e. The summed E-state index contributed by atoms with van der Waals surface area (Å²) in [6.45, 7) is 0. The molecule has 0 heterocycles. The number of hydrogen-bond donors (Lipinski definition) is 0. The lowest BCUT2D eigenvalue weighted by molar-refractivity contribution is -0.322. The third kappa shape index (κ3) is 2.05. The number of hydrogen-bond acceptors (Lipinski definition) is 5. The first-order valence-electron chi connectivity index (χ1n) is 4.54. The monoisotopic (exact) mass is 257 g/mol. The second-order valence-electron chi connectivity index (χ2n) is 3.94. The summed E-state index contributed by atoms with van der Waals surface area (Å²) in [5.41, 5.74) is -3.93. The van der Waals surface area contributed by atoms with E-state index in [-0.39, 0.29) is 0 Å². The SMILES string of the molecule is CN(C)[P+](N(C)C)(N(C)C)C(F)(F)C(=O)[O-]. The van der Waals surface area contributed by atoms with E-state index in [0.717, 1.165) is 0 Å². The van der Waals surface area contributed by atoms with Crippen molar-refractivity contribution in [1.82, 2.24) is 14.0 Å². The highest BCUT2D eigenvalue weighted by Gasteiger charge is 2.70. The van der Waals surface area contributed by atoms with Crippen LogP contribution in [0.15, 0.2) is 0 Å². The van der Waals surface area contributed by atoms with Gasteiger partial charge in [0.25, 0.3) is 0 Å². The highest BCUT2D eigenvalue weighted by molar-refractivity contribution is 7.71. The molecule has 0 amide bonds. The van der Waals surface area contributed by atoms with E-state index in [1.54, 1.807) is 0 Å². The van der Waals surface area contributed by atoms with Gasteiger partial charge in [-0.25, -0.2) is 0 Å². The summed E-state index contributed by atoms with van der Waals surface area (Å²) < 4.78 is 31.5. The van der Waals surface area contributed by atoms with E-state index in [2.05, 4.69) is 0 Å². The predicted molar refractivity (Wildman–Crippen MR) is 57.9 cm³/mol. The average molecular weight is 257 g/mol. The molecule has 0 aliphatic carbocycles. The van der Waals surface area contributed by atoms with Crippen molar-refractivity contribution in [3.8, 4) is 0 Å². The Morgan fingerprint density at radius 1 is 1.00 bits per heavy atom. The summed E-state index contributed by atoms with van der Waals surface area (Å²) in [7, 11) is 5.14. The van der Waals surface area contributed by atoms with Gasteiger partial charge in [-0.05, 0) is 0 Å². The van der Waals surface area contributed by atoms with Crippen molar-refractivity contribution in [2.75, 3.05) is 42.3 Å². The highest BCUT2D eigenvalue weighted by atomic mass is 31.2. The smallest absolute Gasteiger partial charge is 0.442 e. The van der Waals surface area contributed by atoms with Crippen molar-refractivity contribution in [3.63, 3.8) is 0 Å². The molecule has 0 rings (SSSR count). The summed E-state index contributed by atoms with van der Waals surface area (Å²) >= 11 is 0. The molecule has 96 valence electrons. The third-order valence-corrected chi connectivity index (χ3v) is 6.58. The summed E-state index contributed by atoms with van der Waals surface area (Å²) in [6, 6.07) is 0. The van der Waals surface area contributed by atoms with Crippen molar-refractivity contribution in [3.05, 3.63) is 0 Å². The topological polar surface area (TPSA) is 49.8 Å². The van der Waals surface area contributed by atoms with Crippen LogP contribution in [0.2, 0.25) is 0 Å². The van der Waals surface area contributed by atoms with Crippen LogP contribution in [-0.2, 0) is 4.79 Å². The van der Waals surface area contributed by atoms with Crippen LogP contribution in [0.5, 0.6) is 0 Å². The second kappa shape index (κ2) is 4.87. The maximum atomic E-state index is 13.9. The fraction of sp³-hybridized carbons (Fsp3) is 0.875. The van der Waals surface area contributed by atoms with Crippen molar-refractivity contribution >= 4 is 13.7 Å². The molecule has 0 radical (unpaired) electrons. The van der Waals surface area contributed by atoms with Gasteiger partial charge in [-0.15, -0.1) is 14.0 Å². The molecule has 0 saturated carbocycles. The van der Waals surface area contributed by atoms with Crippen LogP contribution in [0.3, 0.4) is 0 Å². The van der Waals surface area contributed by atoms with E-state index in [9.17, 15) is 18.7 Å². The molecule has 0 unspecified atom stereocenters. The van der Waals surface area contributed by atoms with Gasteiger partial charge in [0.15, 0.2) is 5.97 Å². The highest BCUT2D eigenvalue weighted by Crippen LogP contribution is 2.73. The van der Waals surface area contributed by atoms with Gasteiger partial charge in [-0.1, -0.05) is 0 Å². The van der Waals surface area contributed by atoms with Gasteiger partial charge in [0.2, 0.25) is 0 Å². The third-order valence-electron chi connectivity index (χ3n) is 2.30. The number of carbonyl (C=O) groups excluding carboxylic acids is 1. The average Bonchev–Trinajstić information content (AvgIpc) is 2.00. The minimum absolute atomic E-state index is 1.25. The number of nitrogens with zero attached hydrogens (tertiary/aromatic N) is 3. The molecule has 0 aliphatic rings. The molecule has 0 fully saturated rings. The normalized spacial score (nSPS) is 13.9. The van der Waals surface area contributed by atoms with Gasteiger partial charge in [0.1, 0.15) is 0 Å². The Hall–Kier alpha value is -0.360. The lowest BCUT2D eigenvalue weighted by Crippen LogP contribution is -2.54. The van der Waals surface area contributed by atoms with E-state index in [4.69, 9.17) is 0 Å². The van der Waals surface area contributed by atoms with Crippen molar-refractivity contribution in [2.45, 2.75) is 5.66 Å². The van der Waals surface area contributed by atoms with Crippen LogP contribution in [0, 0.1) is 0 Å². The fourth-order valence-corrected chi connectivity index (χ4v) is 5.85. The number of carbonyl (C=O) groups is 1. The van der Waals surface area contributed by atoms with Crippen LogP contribution in [-0.4, -0.2) is 67.9 Å². The number of carboxylic acids is 1. The summed E-state index contributed by atoms with van der Waals surface area (Å²) in [5.74, 6) is -2.35. The summed E-state index contributed by atoms with van der Waals surface area (Å²) in [4.78, 5) is 10.7. The molecule has 0 bridgehead atoms. The standard InChI is InChI=1S/C8H18F2N3O2P/c1-11(2)16(12(3)4,13(5)6)8(9,10)7(14)15/h1-6H3. The first-order chi connectivity index (χ1) is 7.02. The van der Waals surface area contributed by atoms with E-state index in [1.165, 1.54) is 56.3 Å². The van der Waals surface area contributed by atoms with E-state index in [1.807, 2.05) is 0 Å². The summed E-state index contributed by atoms with van der Waals surface area (Å²) in [6.07, 6.45) is 0. The molecule has 0 aromatic heterocycles. The lowest BCUT2D eigenvalue weighted by Gasteiger charge is -2.43. The van der Waals surface area contributed by atoms with Crippen molar-refractivity contribution in [2.24, 2.45) is 0 Å². The van der Waals surface area contributed by atoms with Crippen LogP contribution < -0.4 is 5.11 Å². The molecule has 16 heavy (non-hydrogen) atoms. The molecule has 0 aromatic carbocycles. The fourth-order valence-electron chi connectivity index (χ4n) is 1.95. The molecule has 0 N–H and O–H groups in total. The Bertz CT molecular complexity index is 250. The Morgan fingerprint density at radius 3 is 1.31 bits per heavy atom. The van der Waals surface area contributed by atoms with Gasteiger partial charge in [0.05, 0.1) is 0 Å². The van der Waals surface area contributed by atoms with Crippen LogP contribution in [0.25, 0.3) is 0 Å². The lowest BCUT2D eigenvalue weighted by atomic mass is 10.7. The molecule has 5 nitrogen and oxygen atoms in total. The molecule has 0 aromatic rings. The molecule has 0 aliphatic heterocycles. The van der Waals surface area contributed by atoms with E-state index >= 15 is 0 Å². The van der Waals surface area contributed by atoms with Gasteiger partial charge >= 0.3 is 13.4 Å². The second-order valence-corrected chi connectivity index (χ2v) is 8.04. The van der Waals surface area contributed by atoms with E-state index < -0.39 is 19.3 Å². The number of alkyl halides is 2. The Kier molecular flexibility index (Phi) is 4.76. The number of rotatable bonds is 5. The Balaban J connectivity index is 5.81. The van der Waals surface area contributed by atoms with Gasteiger partial charge in [-0.3, -0.25) is 0 Å². The Labute approximate surface area is 95.1 Å². The van der Waals surface area contributed by atoms with Gasteiger partial charge < -0.3 is 9.90 Å². The molecule has 8 heteroatoms. The van der Waals surface area contributed by atoms with Gasteiger partial charge in [-0.2, -0.15) is 8.78 Å². The number of carboxylic acid groups (broad SMARTS) is 1. The zero-order valence-electron chi connectivity index (χ0n) is 10.4. The number of halogens is 2. The maximum absolute atomic E-state index is 13.9. The molecule has 0 saturated heterocycles. The summed E-state index contributed by atoms with van der Waals surface area (Å²) in [5, 5.41) is 10.7. The number of aliphatic carboxylic acids is 1. The van der Waals surface area contributed by atoms with Crippen LogP contribution in [0.4, 0.5) is 8.78 Å². The maximum Gasteiger partial charge on any atom is 0.442 e.